The number of aliphatic hydroxyl groups excluding tert-OH is 1. The van der Waals surface area contributed by atoms with E-state index in [1.165, 1.54) is 13.2 Å². The predicted octanol–water partition coefficient (Wildman–Crippen LogP) is 1.03. The van der Waals surface area contributed by atoms with Crippen molar-refractivity contribution in [3.05, 3.63) is 36.2 Å². The van der Waals surface area contributed by atoms with Gasteiger partial charge in [0.15, 0.2) is 0 Å². The highest BCUT2D eigenvalue weighted by molar-refractivity contribution is 5.87. The van der Waals surface area contributed by atoms with Crippen LogP contribution < -0.4 is 0 Å². The van der Waals surface area contributed by atoms with E-state index in [0.29, 0.717) is 11.3 Å². The fourth-order valence-electron chi connectivity index (χ4n) is 1.20. The van der Waals surface area contributed by atoms with E-state index in [1.807, 2.05) is 0 Å². The number of esters is 1. The van der Waals surface area contributed by atoms with Crippen molar-refractivity contribution in [2.24, 2.45) is 7.05 Å². The Kier molecular flexibility index (Phi) is 3.09. The fourth-order valence-corrected chi connectivity index (χ4v) is 1.20. The van der Waals surface area contributed by atoms with Crippen LogP contribution in [0.1, 0.15) is 22.2 Å². The Hall–Kier alpha value is -1.55. The van der Waals surface area contributed by atoms with Gasteiger partial charge in [0.2, 0.25) is 0 Å². The minimum absolute atomic E-state index is 0.406. The number of aryl methyl sites for hydroxylation is 1. The van der Waals surface area contributed by atoms with Gasteiger partial charge >= 0.3 is 5.97 Å². The third kappa shape index (κ3) is 1.85. The molecule has 0 amide bonds. The fraction of sp³-hybridized carbons (Fsp3) is 0.300. The molecule has 0 aliphatic rings. The van der Waals surface area contributed by atoms with Gasteiger partial charge in [-0.25, -0.2) is 4.79 Å². The normalized spacial score (nSPS) is 12.2. The second-order valence-corrected chi connectivity index (χ2v) is 2.94. The number of nitrogens with zero attached hydrogens (tertiary/aromatic N) is 1. The molecule has 4 heteroatoms. The van der Waals surface area contributed by atoms with Crippen molar-refractivity contribution < 1.29 is 14.6 Å². The molecule has 0 spiro atoms. The van der Waals surface area contributed by atoms with Crippen LogP contribution in [0.5, 0.6) is 0 Å². The molecule has 1 N–H and O–H groups in total. The summed E-state index contributed by atoms with van der Waals surface area (Å²) in [5.41, 5.74) is 1.03. The number of aliphatic hydroxyl groups is 1. The summed E-state index contributed by atoms with van der Waals surface area (Å²) in [7, 11) is 3.03. The van der Waals surface area contributed by atoms with Crippen molar-refractivity contribution in [1.82, 2.24) is 4.57 Å². The van der Waals surface area contributed by atoms with Crippen LogP contribution in [0.2, 0.25) is 0 Å². The summed E-state index contributed by atoms with van der Waals surface area (Å²) >= 11 is 0. The van der Waals surface area contributed by atoms with Crippen LogP contribution in [0.4, 0.5) is 0 Å². The van der Waals surface area contributed by atoms with Gasteiger partial charge in [-0.05, 0) is 6.07 Å². The van der Waals surface area contributed by atoms with E-state index in [1.54, 1.807) is 23.9 Å². The second kappa shape index (κ2) is 4.11. The quantitative estimate of drug-likeness (QED) is 0.579. The molecule has 0 aliphatic heterocycles. The van der Waals surface area contributed by atoms with Gasteiger partial charge < -0.3 is 14.4 Å². The highest BCUT2D eigenvalue weighted by Gasteiger charge is 2.14. The minimum Gasteiger partial charge on any atom is -0.464 e. The van der Waals surface area contributed by atoms with Gasteiger partial charge in [-0.15, -0.1) is 6.58 Å². The van der Waals surface area contributed by atoms with Crippen LogP contribution in [0.25, 0.3) is 0 Å². The van der Waals surface area contributed by atoms with Crippen LogP contribution in [0.15, 0.2) is 24.9 Å². The van der Waals surface area contributed by atoms with Gasteiger partial charge in [0.1, 0.15) is 5.69 Å². The molecule has 4 nitrogen and oxygen atoms in total. The highest BCUT2D eigenvalue weighted by atomic mass is 16.5. The average molecular weight is 195 g/mol. The number of carbonyl (C=O) groups excluding carboxylic acids is 1. The molecule has 1 heterocycles. The number of aromatic nitrogens is 1. The Balaban J connectivity index is 3.04. The molecule has 76 valence electrons. The average Bonchev–Trinajstić information content (AvgIpc) is 2.58. The molecule has 0 saturated heterocycles. The molecular formula is C10H13NO3. The van der Waals surface area contributed by atoms with Crippen molar-refractivity contribution >= 4 is 5.97 Å². The molecule has 0 saturated carbocycles. The summed E-state index contributed by atoms with van der Waals surface area (Å²) in [4.78, 5) is 11.2. The molecule has 14 heavy (non-hydrogen) atoms. The SMILES string of the molecule is C=CC(O)c1cc(C(=O)OC)n(C)c1. The molecule has 1 aromatic heterocycles. The van der Waals surface area contributed by atoms with Gasteiger partial charge in [-0.1, -0.05) is 6.08 Å². The Morgan fingerprint density at radius 2 is 2.43 bits per heavy atom. The van der Waals surface area contributed by atoms with E-state index in [0.717, 1.165) is 0 Å². The van der Waals surface area contributed by atoms with E-state index < -0.39 is 12.1 Å². The monoisotopic (exact) mass is 195 g/mol. The first-order valence-corrected chi connectivity index (χ1v) is 4.15. The topological polar surface area (TPSA) is 51.5 Å². The van der Waals surface area contributed by atoms with Crippen LogP contribution in [-0.4, -0.2) is 22.8 Å². The number of hydrogen-bond donors (Lipinski definition) is 1. The predicted molar refractivity (Wildman–Crippen MR) is 51.9 cm³/mol. The van der Waals surface area contributed by atoms with Gasteiger partial charge in [-0.3, -0.25) is 0 Å². The minimum atomic E-state index is -0.750. The maximum Gasteiger partial charge on any atom is 0.354 e. The number of rotatable bonds is 3. The van der Waals surface area contributed by atoms with Crippen molar-refractivity contribution in [2.75, 3.05) is 7.11 Å². The van der Waals surface area contributed by atoms with Crippen molar-refractivity contribution in [3.8, 4) is 0 Å². The van der Waals surface area contributed by atoms with Crippen LogP contribution >= 0.6 is 0 Å². The Bertz CT molecular complexity index is 354. The summed E-state index contributed by atoms with van der Waals surface area (Å²) in [6.07, 6.45) is 2.31. The Morgan fingerprint density at radius 3 is 2.93 bits per heavy atom. The maximum atomic E-state index is 11.2. The first kappa shape index (κ1) is 10.5. The lowest BCUT2D eigenvalue weighted by Gasteiger charge is -1.98. The molecule has 1 aromatic rings. The molecule has 0 bridgehead atoms. The molecule has 0 aliphatic carbocycles. The lowest BCUT2D eigenvalue weighted by Crippen LogP contribution is -2.06. The largest absolute Gasteiger partial charge is 0.464 e. The van der Waals surface area contributed by atoms with E-state index in [2.05, 4.69) is 11.3 Å². The summed E-state index contributed by atoms with van der Waals surface area (Å²) in [5, 5.41) is 9.44. The van der Waals surface area contributed by atoms with Crippen molar-refractivity contribution in [3.63, 3.8) is 0 Å². The summed E-state index contributed by atoms with van der Waals surface area (Å²) < 4.78 is 6.18. The highest BCUT2D eigenvalue weighted by Crippen LogP contribution is 2.17. The third-order valence-corrected chi connectivity index (χ3v) is 1.99. The van der Waals surface area contributed by atoms with Gasteiger partial charge in [0, 0.05) is 18.8 Å². The van der Waals surface area contributed by atoms with Gasteiger partial charge in [0.05, 0.1) is 13.2 Å². The first-order chi connectivity index (χ1) is 6.60. The lowest BCUT2D eigenvalue weighted by atomic mass is 10.2. The molecule has 0 radical (unpaired) electrons. The van der Waals surface area contributed by atoms with Gasteiger partial charge in [-0.2, -0.15) is 0 Å². The third-order valence-electron chi connectivity index (χ3n) is 1.99. The van der Waals surface area contributed by atoms with E-state index in [-0.39, 0.29) is 0 Å². The van der Waals surface area contributed by atoms with Crippen LogP contribution in [0, 0.1) is 0 Å². The van der Waals surface area contributed by atoms with Gasteiger partial charge in [0.25, 0.3) is 0 Å². The van der Waals surface area contributed by atoms with Crippen LogP contribution in [-0.2, 0) is 11.8 Å². The first-order valence-electron chi connectivity index (χ1n) is 4.15. The molecule has 1 rings (SSSR count). The Morgan fingerprint density at radius 1 is 1.79 bits per heavy atom. The number of hydrogen-bond acceptors (Lipinski definition) is 3. The van der Waals surface area contributed by atoms with Crippen molar-refractivity contribution in [2.45, 2.75) is 6.10 Å². The smallest absolute Gasteiger partial charge is 0.354 e. The zero-order chi connectivity index (χ0) is 10.7. The molecular weight excluding hydrogens is 182 g/mol. The number of carbonyl (C=O) groups is 1. The molecule has 0 aromatic carbocycles. The number of methoxy groups -OCH3 is 1. The van der Waals surface area contributed by atoms with E-state index in [9.17, 15) is 9.90 Å². The standard InChI is InChI=1S/C10H13NO3/c1-4-9(12)7-5-8(10(13)14-3)11(2)6-7/h4-6,9,12H,1H2,2-3H3. The van der Waals surface area contributed by atoms with E-state index in [4.69, 9.17) is 0 Å². The zero-order valence-corrected chi connectivity index (χ0v) is 8.23. The lowest BCUT2D eigenvalue weighted by molar-refractivity contribution is 0.0590. The number of ether oxygens (including phenoxy) is 1. The van der Waals surface area contributed by atoms with Crippen LogP contribution in [0.3, 0.4) is 0 Å². The Labute approximate surface area is 82.4 Å². The van der Waals surface area contributed by atoms with E-state index >= 15 is 0 Å². The summed E-state index contributed by atoms with van der Waals surface area (Å²) in [6.45, 7) is 3.47. The molecule has 1 unspecified atom stereocenters. The molecule has 1 atom stereocenters. The van der Waals surface area contributed by atoms with Crippen molar-refractivity contribution in [1.29, 1.82) is 0 Å². The summed E-state index contributed by atoms with van der Waals surface area (Å²) in [5.74, 6) is -0.421. The summed E-state index contributed by atoms with van der Waals surface area (Å²) in [6, 6.07) is 1.58. The zero-order valence-electron chi connectivity index (χ0n) is 8.23. The maximum absolute atomic E-state index is 11.2. The molecule has 0 fully saturated rings. The second-order valence-electron chi connectivity index (χ2n) is 2.94.